The zero-order valence-electron chi connectivity index (χ0n) is 16.7. The van der Waals surface area contributed by atoms with Crippen molar-refractivity contribution in [3.8, 4) is 0 Å². The maximum atomic E-state index is 7.44. The van der Waals surface area contributed by atoms with Crippen LogP contribution in [-0.2, 0) is 9.47 Å². The average molecular weight is 261 g/mol. The van der Waals surface area contributed by atoms with Crippen LogP contribution >= 0.6 is 0 Å². The molecule has 0 saturated carbocycles. The number of hydrogen-bond acceptors (Lipinski definition) is 2. The SMILES string of the molecule is [2H]C([2H])([2H])C([2H])([2H])/C=C\CCCCCCCCCCOCOC. The Balaban J connectivity index is 3.37. The molecule has 18 heavy (non-hydrogen) atoms. The smallest absolute Gasteiger partial charge is 0.146 e. The summed E-state index contributed by atoms with van der Waals surface area (Å²) in [5, 5.41) is 0. The van der Waals surface area contributed by atoms with Crippen LogP contribution in [0.3, 0.4) is 0 Å². The van der Waals surface area contributed by atoms with E-state index in [4.69, 9.17) is 16.3 Å². The molecule has 0 radical (unpaired) electrons. The van der Waals surface area contributed by atoms with E-state index in [0.717, 1.165) is 32.3 Å². The molecule has 0 N–H and O–H groups in total. The number of methoxy groups -OCH3 is 1. The van der Waals surface area contributed by atoms with Gasteiger partial charge >= 0.3 is 0 Å². The molecule has 0 aromatic carbocycles. The molecule has 0 aromatic rings. The monoisotopic (exact) mass is 261 g/mol. The molecule has 0 aliphatic carbocycles. The zero-order valence-corrected chi connectivity index (χ0v) is 11.7. The molecular weight excluding hydrogens is 224 g/mol. The van der Waals surface area contributed by atoms with Crippen molar-refractivity contribution in [3.05, 3.63) is 12.2 Å². The van der Waals surface area contributed by atoms with Crippen LogP contribution in [0.2, 0.25) is 0 Å². The van der Waals surface area contributed by atoms with Crippen molar-refractivity contribution in [2.24, 2.45) is 0 Å². The molecule has 108 valence electrons. The number of ether oxygens (including phenoxy) is 2. The number of allylic oxidation sites excluding steroid dienone is 2. The van der Waals surface area contributed by atoms with Crippen LogP contribution in [0.5, 0.6) is 0 Å². The summed E-state index contributed by atoms with van der Waals surface area (Å²) in [6.07, 6.45) is 10.6. The third-order valence-corrected chi connectivity index (χ3v) is 2.81. The van der Waals surface area contributed by atoms with Gasteiger partial charge in [0.05, 0.1) is 0 Å². The van der Waals surface area contributed by atoms with Gasteiger partial charge in [-0.3, -0.25) is 0 Å². The van der Waals surface area contributed by atoms with Gasteiger partial charge in [0.15, 0.2) is 0 Å². The highest BCUT2D eigenvalue weighted by molar-refractivity contribution is 4.79. The van der Waals surface area contributed by atoms with Gasteiger partial charge in [0, 0.05) is 20.6 Å². The lowest BCUT2D eigenvalue weighted by Gasteiger charge is -2.03. The van der Waals surface area contributed by atoms with Crippen LogP contribution in [-0.4, -0.2) is 20.5 Å². The van der Waals surface area contributed by atoms with E-state index >= 15 is 0 Å². The van der Waals surface area contributed by atoms with Crippen LogP contribution in [0.25, 0.3) is 0 Å². The van der Waals surface area contributed by atoms with E-state index in [2.05, 4.69) is 0 Å². The van der Waals surface area contributed by atoms with Gasteiger partial charge in [-0.1, -0.05) is 57.5 Å². The lowest BCUT2D eigenvalue weighted by atomic mass is 10.1. The third kappa shape index (κ3) is 15.7. The van der Waals surface area contributed by atoms with Gasteiger partial charge in [-0.2, -0.15) is 0 Å². The normalized spacial score (nSPS) is 17.1. The first-order valence-corrected chi connectivity index (χ1v) is 7.05. The summed E-state index contributed by atoms with van der Waals surface area (Å²) in [5.74, 6) is 0. The highest BCUT2D eigenvalue weighted by Gasteiger charge is 1.92. The van der Waals surface area contributed by atoms with Gasteiger partial charge < -0.3 is 9.47 Å². The van der Waals surface area contributed by atoms with Gasteiger partial charge in [-0.05, 0) is 25.6 Å². The molecule has 0 unspecified atom stereocenters. The highest BCUT2D eigenvalue weighted by Crippen LogP contribution is 2.10. The van der Waals surface area contributed by atoms with Crippen LogP contribution in [0.1, 0.15) is 77.9 Å². The molecule has 2 nitrogen and oxygen atoms in total. The lowest BCUT2D eigenvalue weighted by molar-refractivity contribution is -0.0315. The maximum Gasteiger partial charge on any atom is 0.146 e. The molecule has 0 spiro atoms. The molecule has 0 atom stereocenters. The lowest BCUT2D eigenvalue weighted by Crippen LogP contribution is -1.98. The van der Waals surface area contributed by atoms with E-state index in [1.807, 2.05) is 0 Å². The minimum absolute atomic E-state index is 0.377. The predicted molar refractivity (Wildman–Crippen MR) is 78.8 cm³/mol. The first-order valence-electron chi connectivity index (χ1n) is 9.55. The first-order chi connectivity index (χ1) is 10.8. The van der Waals surface area contributed by atoms with Crippen molar-refractivity contribution in [1.82, 2.24) is 0 Å². The van der Waals surface area contributed by atoms with Crippen molar-refractivity contribution < 1.29 is 16.3 Å². The van der Waals surface area contributed by atoms with Crippen molar-refractivity contribution in [3.63, 3.8) is 0 Å². The summed E-state index contributed by atoms with van der Waals surface area (Å²) in [7, 11) is 1.62. The highest BCUT2D eigenvalue weighted by atomic mass is 16.7. The first kappa shape index (κ1) is 10.4. The molecule has 0 amide bonds. The molecule has 0 aliphatic rings. The molecule has 0 rings (SSSR count). The van der Waals surface area contributed by atoms with Crippen LogP contribution in [0.15, 0.2) is 12.2 Å². The average Bonchev–Trinajstić information content (AvgIpc) is 2.46. The Hall–Kier alpha value is -0.340. The molecule has 0 heterocycles. The molecule has 0 aromatic heterocycles. The van der Waals surface area contributed by atoms with Gasteiger partial charge in [0.1, 0.15) is 6.79 Å². The van der Waals surface area contributed by atoms with Crippen LogP contribution < -0.4 is 0 Å². The summed E-state index contributed by atoms with van der Waals surface area (Å²) in [6.45, 7) is -1.44. The zero-order chi connectivity index (χ0) is 17.6. The van der Waals surface area contributed by atoms with Crippen molar-refractivity contribution in [2.75, 3.05) is 20.5 Å². The Morgan fingerprint density at radius 3 is 2.28 bits per heavy atom. The molecule has 0 aliphatic heterocycles. The number of rotatable bonds is 14. The third-order valence-electron chi connectivity index (χ3n) is 2.81. The second-order valence-electron chi connectivity index (χ2n) is 4.48. The van der Waals surface area contributed by atoms with Gasteiger partial charge in [-0.15, -0.1) is 0 Å². The van der Waals surface area contributed by atoms with E-state index in [0.29, 0.717) is 6.79 Å². The Morgan fingerprint density at radius 1 is 0.944 bits per heavy atom. The van der Waals surface area contributed by atoms with E-state index in [1.54, 1.807) is 13.2 Å². The summed E-state index contributed by atoms with van der Waals surface area (Å²) in [4.78, 5) is 0. The summed E-state index contributed by atoms with van der Waals surface area (Å²) < 4.78 is 46.2. The fraction of sp³-hybridized carbons (Fsp3) is 0.875. The van der Waals surface area contributed by atoms with E-state index in [9.17, 15) is 0 Å². The van der Waals surface area contributed by atoms with Crippen molar-refractivity contribution in [1.29, 1.82) is 0 Å². The molecule has 0 bridgehead atoms. The van der Waals surface area contributed by atoms with E-state index in [-0.39, 0.29) is 0 Å². The van der Waals surface area contributed by atoms with E-state index in [1.165, 1.54) is 38.2 Å². The van der Waals surface area contributed by atoms with Crippen LogP contribution in [0, 0.1) is 0 Å². The van der Waals surface area contributed by atoms with Gasteiger partial charge in [0.25, 0.3) is 0 Å². The van der Waals surface area contributed by atoms with Gasteiger partial charge in [0.2, 0.25) is 0 Å². The van der Waals surface area contributed by atoms with Gasteiger partial charge in [-0.25, -0.2) is 0 Å². The molecule has 0 saturated heterocycles. The maximum absolute atomic E-state index is 7.44. The standard InChI is InChI=1S/C16H32O2/c1-3-4-5-6-7-8-9-10-11-12-13-14-15-18-16-17-2/h4-5H,3,6-16H2,1-2H3/b5-4-/i1D3,3D2. The van der Waals surface area contributed by atoms with Crippen molar-refractivity contribution >= 4 is 0 Å². The van der Waals surface area contributed by atoms with Crippen LogP contribution in [0.4, 0.5) is 0 Å². The Morgan fingerprint density at radius 2 is 1.61 bits per heavy atom. The summed E-state index contributed by atoms with van der Waals surface area (Å²) in [6, 6.07) is 0. The summed E-state index contributed by atoms with van der Waals surface area (Å²) in [5.41, 5.74) is 0. The fourth-order valence-corrected chi connectivity index (χ4v) is 1.81. The Kier molecular flexibility index (Phi) is 9.67. The molecule has 2 heteroatoms. The Bertz CT molecular complexity index is 303. The minimum atomic E-state index is -2.59. The summed E-state index contributed by atoms with van der Waals surface area (Å²) >= 11 is 0. The Labute approximate surface area is 121 Å². The number of hydrogen-bond donors (Lipinski definition) is 0. The fourth-order valence-electron chi connectivity index (χ4n) is 1.81. The predicted octanol–water partition coefficient (Wildman–Crippen LogP) is 5.08. The second kappa shape index (κ2) is 16.7. The minimum Gasteiger partial charge on any atom is -0.359 e. The largest absolute Gasteiger partial charge is 0.359 e. The number of unbranched alkanes of at least 4 members (excludes halogenated alkanes) is 8. The quantitative estimate of drug-likeness (QED) is 0.246. The topological polar surface area (TPSA) is 18.5 Å². The molecular formula is C16H32O2. The van der Waals surface area contributed by atoms with Crippen molar-refractivity contribution in [2.45, 2.75) is 71.0 Å². The molecule has 0 fully saturated rings. The van der Waals surface area contributed by atoms with E-state index < -0.39 is 13.2 Å². The second-order valence-corrected chi connectivity index (χ2v) is 4.48.